The Morgan fingerprint density at radius 2 is 2.54 bits per heavy atom. The molecular formula is C9H17NO3. The molecular weight excluding hydrogens is 170 g/mol. The summed E-state index contributed by atoms with van der Waals surface area (Å²) < 4.78 is 10.1. The zero-order valence-corrected chi connectivity index (χ0v) is 7.99. The largest absolute Gasteiger partial charge is 0.469 e. The number of rotatable bonds is 4. The smallest absolute Gasteiger partial charge is 0.310 e. The topological polar surface area (TPSA) is 61.5 Å². The van der Waals surface area contributed by atoms with Gasteiger partial charge in [0.15, 0.2) is 0 Å². The van der Waals surface area contributed by atoms with E-state index in [0.717, 1.165) is 19.4 Å². The van der Waals surface area contributed by atoms with Gasteiger partial charge in [-0.15, -0.1) is 0 Å². The Labute approximate surface area is 78.4 Å². The monoisotopic (exact) mass is 187 g/mol. The average molecular weight is 187 g/mol. The molecule has 0 amide bonds. The summed E-state index contributed by atoms with van der Waals surface area (Å²) >= 11 is 0. The van der Waals surface area contributed by atoms with E-state index in [0.29, 0.717) is 13.0 Å². The van der Waals surface area contributed by atoms with E-state index in [1.807, 2.05) is 0 Å². The van der Waals surface area contributed by atoms with E-state index in [1.165, 1.54) is 7.11 Å². The second-order valence-corrected chi connectivity index (χ2v) is 3.33. The quantitative estimate of drug-likeness (QED) is 0.643. The normalized spacial score (nSPS) is 24.3. The van der Waals surface area contributed by atoms with Gasteiger partial charge in [-0.1, -0.05) is 0 Å². The third-order valence-corrected chi connectivity index (χ3v) is 2.39. The first-order valence-electron chi connectivity index (χ1n) is 4.67. The summed E-state index contributed by atoms with van der Waals surface area (Å²) in [6.45, 7) is 1.15. The highest BCUT2D eigenvalue weighted by Crippen LogP contribution is 2.19. The van der Waals surface area contributed by atoms with E-state index in [1.54, 1.807) is 0 Å². The Hall–Kier alpha value is -0.610. The fourth-order valence-electron chi connectivity index (χ4n) is 1.60. The molecule has 1 saturated heterocycles. The van der Waals surface area contributed by atoms with E-state index in [2.05, 4.69) is 4.74 Å². The van der Waals surface area contributed by atoms with Crippen LogP contribution < -0.4 is 5.73 Å². The molecule has 1 rings (SSSR count). The molecule has 13 heavy (non-hydrogen) atoms. The van der Waals surface area contributed by atoms with Crippen LogP contribution in [0.1, 0.15) is 19.3 Å². The van der Waals surface area contributed by atoms with Crippen molar-refractivity contribution in [1.29, 1.82) is 0 Å². The first-order chi connectivity index (χ1) is 6.27. The van der Waals surface area contributed by atoms with Crippen LogP contribution in [0.25, 0.3) is 0 Å². The van der Waals surface area contributed by atoms with Crippen molar-refractivity contribution in [2.45, 2.75) is 25.4 Å². The van der Waals surface area contributed by atoms with Gasteiger partial charge >= 0.3 is 5.97 Å². The summed E-state index contributed by atoms with van der Waals surface area (Å²) in [4.78, 5) is 11.2. The third kappa shape index (κ3) is 2.97. The predicted molar refractivity (Wildman–Crippen MR) is 48.2 cm³/mol. The molecule has 4 nitrogen and oxygen atoms in total. The number of nitrogens with two attached hydrogens (primary N) is 1. The summed E-state index contributed by atoms with van der Waals surface area (Å²) in [5.41, 5.74) is 5.47. The van der Waals surface area contributed by atoms with Gasteiger partial charge in [-0.2, -0.15) is 0 Å². The van der Waals surface area contributed by atoms with E-state index >= 15 is 0 Å². The molecule has 1 heterocycles. The summed E-state index contributed by atoms with van der Waals surface area (Å²) in [6.07, 6.45) is 3.02. The van der Waals surface area contributed by atoms with Gasteiger partial charge in [-0.3, -0.25) is 4.79 Å². The molecule has 0 spiro atoms. The van der Waals surface area contributed by atoms with Crippen LogP contribution in [0.5, 0.6) is 0 Å². The van der Waals surface area contributed by atoms with Crippen molar-refractivity contribution in [3.63, 3.8) is 0 Å². The highest BCUT2D eigenvalue weighted by atomic mass is 16.5. The van der Waals surface area contributed by atoms with Crippen LogP contribution in [0, 0.1) is 5.92 Å². The second kappa shape index (κ2) is 5.19. The minimum atomic E-state index is -0.224. The van der Waals surface area contributed by atoms with Crippen molar-refractivity contribution in [3.05, 3.63) is 0 Å². The van der Waals surface area contributed by atoms with Crippen molar-refractivity contribution in [2.75, 3.05) is 20.3 Å². The number of hydrogen-bond acceptors (Lipinski definition) is 4. The number of ether oxygens (including phenoxy) is 2. The zero-order chi connectivity index (χ0) is 9.68. The molecule has 76 valence electrons. The van der Waals surface area contributed by atoms with Crippen molar-refractivity contribution in [3.8, 4) is 0 Å². The third-order valence-electron chi connectivity index (χ3n) is 2.39. The Morgan fingerprint density at radius 1 is 1.77 bits per heavy atom. The number of esters is 1. The highest BCUT2D eigenvalue weighted by molar-refractivity contribution is 5.72. The van der Waals surface area contributed by atoms with Crippen LogP contribution in [-0.4, -0.2) is 32.3 Å². The van der Waals surface area contributed by atoms with Crippen LogP contribution in [0.15, 0.2) is 0 Å². The van der Waals surface area contributed by atoms with Gasteiger partial charge in [0.05, 0.1) is 19.1 Å². The van der Waals surface area contributed by atoms with Gasteiger partial charge in [-0.25, -0.2) is 0 Å². The first-order valence-corrected chi connectivity index (χ1v) is 4.67. The van der Waals surface area contributed by atoms with Crippen LogP contribution in [-0.2, 0) is 14.3 Å². The van der Waals surface area contributed by atoms with Crippen LogP contribution in [0.4, 0.5) is 0 Å². The predicted octanol–water partition coefficient (Wildman–Crippen LogP) is 0.303. The summed E-state index contributed by atoms with van der Waals surface area (Å²) in [7, 11) is 1.39. The maximum Gasteiger partial charge on any atom is 0.310 e. The molecule has 2 unspecified atom stereocenters. The van der Waals surface area contributed by atoms with Crippen molar-refractivity contribution in [1.82, 2.24) is 0 Å². The van der Waals surface area contributed by atoms with Gasteiger partial charge in [-0.05, 0) is 19.3 Å². The SMILES string of the molecule is COC(=O)C(CN)CC1CCCO1. The van der Waals surface area contributed by atoms with E-state index in [4.69, 9.17) is 10.5 Å². The van der Waals surface area contributed by atoms with Crippen molar-refractivity contribution >= 4 is 5.97 Å². The summed E-state index contributed by atoms with van der Waals surface area (Å²) in [5, 5.41) is 0. The zero-order valence-electron chi connectivity index (χ0n) is 7.99. The maximum absolute atomic E-state index is 11.2. The Kier molecular flexibility index (Phi) is 4.18. The molecule has 0 bridgehead atoms. The molecule has 1 fully saturated rings. The van der Waals surface area contributed by atoms with Crippen molar-refractivity contribution < 1.29 is 14.3 Å². The summed E-state index contributed by atoms with van der Waals surface area (Å²) in [5.74, 6) is -0.425. The highest BCUT2D eigenvalue weighted by Gasteiger charge is 2.25. The first kappa shape index (κ1) is 10.5. The molecule has 0 aliphatic carbocycles. The number of methoxy groups -OCH3 is 1. The minimum Gasteiger partial charge on any atom is -0.469 e. The lowest BCUT2D eigenvalue weighted by Gasteiger charge is -2.16. The molecule has 1 aliphatic rings. The second-order valence-electron chi connectivity index (χ2n) is 3.33. The lowest BCUT2D eigenvalue weighted by molar-refractivity contribution is -0.146. The fraction of sp³-hybridized carbons (Fsp3) is 0.889. The van der Waals surface area contributed by atoms with E-state index in [9.17, 15) is 4.79 Å². The lowest BCUT2D eigenvalue weighted by Crippen LogP contribution is -2.28. The molecule has 2 atom stereocenters. The average Bonchev–Trinajstić information content (AvgIpc) is 2.65. The maximum atomic E-state index is 11.2. The Balaban J connectivity index is 2.33. The minimum absolute atomic E-state index is 0.201. The molecule has 2 N–H and O–H groups in total. The molecule has 0 saturated carbocycles. The number of carbonyl (C=O) groups is 1. The van der Waals surface area contributed by atoms with Gasteiger partial charge in [0.1, 0.15) is 0 Å². The van der Waals surface area contributed by atoms with E-state index < -0.39 is 0 Å². The lowest BCUT2D eigenvalue weighted by atomic mass is 10.0. The van der Waals surface area contributed by atoms with Gasteiger partial charge in [0.25, 0.3) is 0 Å². The Bertz CT molecular complexity index is 166. The standard InChI is InChI=1S/C9H17NO3/c1-12-9(11)7(6-10)5-8-3-2-4-13-8/h7-8H,2-6,10H2,1H3. The van der Waals surface area contributed by atoms with Crippen LogP contribution in [0.2, 0.25) is 0 Å². The molecule has 4 heteroatoms. The van der Waals surface area contributed by atoms with Gasteiger partial charge < -0.3 is 15.2 Å². The van der Waals surface area contributed by atoms with Crippen LogP contribution in [0.3, 0.4) is 0 Å². The van der Waals surface area contributed by atoms with Gasteiger partial charge in [0.2, 0.25) is 0 Å². The van der Waals surface area contributed by atoms with Crippen molar-refractivity contribution in [2.24, 2.45) is 11.7 Å². The van der Waals surface area contributed by atoms with Crippen LogP contribution >= 0.6 is 0 Å². The molecule has 0 aromatic carbocycles. The molecule has 0 radical (unpaired) electrons. The van der Waals surface area contributed by atoms with Gasteiger partial charge in [0, 0.05) is 13.2 Å². The number of carbonyl (C=O) groups excluding carboxylic acids is 1. The summed E-state index contributed by atoms with van der Waals surface area (Å²) in [6, 6.07) is 0. The fourth-order valence-corrected chi connectivity index (χ4v) is 1.60. The molecule has 0 aromatic heterocycles. The number of hydrogen-bond donors (Lipinski definition) is 1. The van der Waals surface area contributed by atoms with E-state index in [-0.39, 0.29) is 18.0 Å². The molecule has 1 aliphatic heterocycles. The molecule has 0 aromatic rings. The Morgan fingerprint density at radius 3 is 3.00 bits per heavy atom.